The van der Waals surface area contributed by atoms with E-state index in [0.717, 1.165) is 18.2 Å². The molecule has 0 unspecified atom stereocenters. The molecule has 0 aromatic heterocycles. The number of carbonyl (C=O) groups excluding carboxylic acids is 2. The predicted octanol–water partition coefficient (Wildman–Crippen LogP) is 2.96. The fraction of sp³-hybridized carbons (Fsp3) is 0.263. The van der Waals surface area contributed by atoms with E-state index in [1.54, 1.807) is 12.1 Å². The van der Waals surface area contributed by atoms with Gasteiger partial charge in [-0.05, 0) is 35.9 Å². The normalized spacial score (nSPS) is 10.3. The summed E-state index contributed by atoms with van der Waals surface area (Å²) in [7, 11) is 4.32. The zero-order valence-electron chi connectivity index (χ0n) is 15.0. The van der Waals surface area contributed by atoms with Crippen LogP contribution in [0.3, 0.4) is 0 Å². The van der Waals surface area contributed by atoms with Crippen LogP contribution in [-0.4, -0.2) is 39.7 Å². The van der Waals surface area contributed by atoms with Gasteiger partial charge in [0.15, 0.2) is 18.1 Å². The molecule has 2 aromatic rings. The molecule has 0 N–H and O–H groups in total. The minimum absolute atomic E-state index is 0.185. The molecule has 0 bridgehead atoms. The monoisotopic (exact) mass is 380 g/mol. The Kier molecular flexibility index (Phi) is 6.70. The smallest absolute Gasteiger partial charge is 0.310 e. The van der Waals surface area contributed by atoms with E-state index < -0.39 is 35.6 Å². The minimum Gasteiger partial charge on any atom is -0.493 e. The van der Waals surface area contributed by atoms with Crippen LogP contribution in [-0.2, 0) is 16.0 Å². The summed E-state index contributed by atoms with van der Waals surface area (Å²) >= 11 is 0. The van der Waals surface area contributed by atoms with Crippen molar-refractivity contribution in [2.75, 3.05) is 27.9 Å². The van der Waals surface area contributed by atoms with Gasteiger partial charge in [-0.2, -0.15) is 0 Å². The SMILES string of the molecule is COc1cc(CC(=O)OCC(=O)c2cc(F)ccc2F)cc(OC)c1OC. The summed E-state index contributed by atoms with van der Waals surface area (Å²) in [4.78, 5) is 23.9. The lowest BCUT2D eigenvalue weighted by Crippen LogP contribution is -2.17. The van der Waals surface area contributed by atoms with E-state index in [-0.39, 0.29) is 6.42 Å². The van der Waals surface area contributed by atoms with Crippen molar-refractivity contribution in [3.63, 3.8) is 0 Å². The number of halogens is 2. The Bertz CT molecular complexity index is 825. The Labute approximate surface area is 154 Å². The second-order valence-corrected chi connectivity index (χ2v) is 5.42. The molecule has 0 radical (unpaired) electrons. The van der Waals surface area contributed by atoms with Crippen LogP contribution in [0.2, 0.25) is 0 Å². The number of methoxy groups -OCH3 is 3. The van der Waals surface area contributed by atoms with Crippen molar-refractivity contribution >= 4 is 11.8 Å². The van der Waals surface area contributed by atoms with Gasteiger partial charge in [0.2, 0.25) is 11.5 Å². The van der Waals surface area contributed by atoms with E-state index in [1.165, 1.54) is 21.3 Å². The van der Waals surface area contributed by atoms with Gasteiger partial charge in [0.1, 0.15) is 11.6 Å². The van der Waals surface area contributed by atoms with Gasteiger partial charge in [-0.15, -0.1) is 0 Å². The Hall–Kier alpha value is -3.16. The van der Waals surface area contributed by atoms with Crippen LogP contribution in [0, 0.1) is 11.6 Å². The minimum atomic E-state index is -0.887. The van der Waals surface area contributed by atoms with Crippen molar-refractivity contribution in [1.29, 1.82) is 0 Å². The van der Waals surface area contributed by atoms with E-state index >= 15 is 0 Å². The van der Waals surface area contributed by atoms with Crippen molar-refractivity contribution in [2.45, 2.75) is 6.42 Å². The maximum atomic E-state index is 13.6. The molecule has 2 aromatic carbocycles. The predicted molar refractivity (Wildman–Crippen MR) is 91.4 cm³/mol. The van der Waals surface area contributed by atoms with Crippen molar-refractivity contribution in [2.24, 2.45) is 0 Å². The summed E-state index contributed by atoms with van der Waals surface area (Å²) in [5, 5.41) is 0. The molecule has 0 fully saturated rings. The van der Waals surface area contributed by atoms with E-state index in [0.29, 0.717) is 22.8 Å². The molecule has 0 spiro atoms. The average Bonchev–Trinajstić information content (AvgIpc) is 2.67. The van der Waals surface area contributed by atoms with Crippen LogP contribution < -0.4 is 14.2 Å². The summed E-state index contributed by atoms with van der Waals surface area (Å²) in [5.41, 5.74) is 0.0227. The number of carbonyl (C=O) groups is 2. The summed E-state index contributed by atoms with van der Waals surface area (Å²) in [5.74, 6) is -2.13. The molecule has 6 nitrogen and oxygen atoms in total. The number of hydrogen-bond donors (Lipinski definition) is 0. The number of ketones is 1. The van der Waals surface area contributed by atoms with Crippen LogP contribution in [0.15, 0.2) is 30.3 Å². The summed E-state index contributed by atoms with van der Waals surface area (Å²) in [6, 6.07) is 5.61. The van der Waals surface area contributed by atoms with Crippen LogP contribution in [0.1, 0.15) is 15.9 Å². The number of Topliss-reactive ketones (excluding diaryl/α,β-unsaturated/α-hetero) is 1. The lowest BCUT2D eigenvalue weighted by atomic mass is 10.1. The molecule has 0 aliphatic heterocycles. The first kappa shape index (κ1) is 20.2. The van der Waals surface area contributed by atoms with Gasteiger partial charge in [-0.25, -0.2) is 8.78 Å². The van der Waals surface area contributed by atoms with Gasteiger partial charge in [-0.1, -0.05) is 0 Å². The summed E-state index contributed by atoms with van der Waals surface area (Å²) in [6.07, 6.45) is -0.185. The molecule has 0 aliphatic carbocycles. The highest BCUT2D eigenvalue weighted by Crippen LogP contribution is 2.38. The van der Waals surface area contributed by atoms with E-state index in [2.05, 4.69) is 0 Å². The third-order valence-electron chi connectivity index (χ3n) is 3.67. The van der Waals surface area contributed by atoms with Gasteiger partial charge < -0.3 is 18.9 Å². The van der Waals surface area contributed by atoms with Crippen LogP contribution in [0.25, 0.3) is 0 Å². The summed E-state index contributed by atoms with van der Waals surface area (Å²) in [6.45, 7) is -0.705. The maximum absolute atomic E-state index is 13.6. The van der Waals surface area contributed by atoms with E-state index in [9.17, 15) is 18.4 Å². The molecule has 144 valence electrons. The fourth-order valence-corrected chi connectivity index (χ4v) is 2.39. The molecule has 0 aliphatic rings. The zero-order valence-corrected chi connectivity index (χ0v) is 15.0. The second-order valence-electron chi connectivity index (χ2n) is 5.42. The number of hydrogen-bond acceptors (Lipinski definition) is 6. The Morgan fingerprint density at radius 1 is 0.926 bits per heavy atom. The number of esters is 1. The van der Waals surface area contributed by atoms with E-state index in [1.807, 2.05) is 0 Å². The lowest BCUT2D eigenvalue weighted by molar-refractivity contribution is -0.141. The first-order chi connectivity index (χ1) is 12.9. The third kappa shape index (κ3) is 4.93. The summed E-state index contributed by atoms with van der Waals surface area (Å²) < 4.78 is 47.1. The van der Waals surface area contributed by atoms with Gasteiger partial charge in [0.05, 0.1) is 33.3 Å². The van der Waals surface area contributed by atoms with Crippen molar-refractivity contribution in [1.82, 2.24) is 0 Å². The third-order valence-corrected chi connectivity index (χ3v) is 3.67. The van der Waals surface area contributed by atoms with Crippen LogP contribution in [0.5, 0.6) is 17.2 Å². The molecule has 0 saturated heterocycles. The molecule has 0 amide bonds. The highest BCUT2D eigenvalue weighted by Gasteiger charge is 2.18. The van der Waals surface area contributed by atoms with Gasteiger partial charge >= 0.3 is 5.97 Å². The average molecular weight is 380 g/mol. The molecule has 27 heavy (non-hydrogen) atoms. The fourth-order valence-electron chi connectivity index (χ4n) is 2.39. The molecule has 0 atom stereocenters. The number of rotatable bonds is 8. The van der Waals surface area contributed by atoms with E-state index in [4.69, 9.17) is 18.9 Å². The quantitative estimate of drug-likeness (QED) is 0.518. The molecular formula is C19H18F2O6. The van der Waals surface area contributed by atoms with Crippen LogP contribution >= 0.6 is 0 Å². The number of ether oxygens (including phenoxy) is 4. The van der Waals surface area contributed by atoms with Crippen molar-refractivity contribution in [3.8, 4) is 17.2 Å². The molecule has 8 heteroatoms. The molecule has 0 heterocycles. The molecular weight excluding hydrogens is 362 g/mol. The highest BCUT2D eigenvalue weighted by atomic mass is 19.1. The topological polar surface area (TPSA) is 71.1 Å². The molecule has 0 saturated carbocycles. The first-order valence-corrected chi connectivity index (χ1v) is 7.82. The van der Waals surface area contributed by atoms with Gasteiger partial charge in [0.25, 0.3) is 0 Å². The standard InChI is InChI=1S/C19H18F2O6/c1-24-16-6-11(7-17(25-2)19(16)26-3)8-18(23)27-10-15(22)13-9-12(20)4-5-14(13)21/h4-7,9H,8,10H2,1-3H3. The largest absolute Gasteiger partial charge is 0.493 e. The van der Waals surface area contributed by atoms with Crippen LogP contribution in [0.4, 0.5) is 8.78 Å². The van der Waals surface area contributed by atoms with Crippen molar-refractivity contribution < 1.29 is 37.3 Å². The Morgan fingerprint density at radius 2 is 1.56 bits per heavy atom. The maximum Gasteiger partial charge on any atom is 0.310 e. The second kappa shape index (κ2) is 8.98. The Balaban J connectivity index is 2.05. The number of benzene rings is 2. The van der Waals surface area contributed by atoms with Gasteiger partial charge in [-0.3, -0.25) is 9.59 Å². The highest BCUT2D eigenvalue weighted by molar-refractivity contribution is 5.98. The Morgan fingerprint density at radius 3 is 2.11 bits per heavy atom. The first-order valence-electron chi connectivity index (χ1n) is 7.82. The van der Waals surface area contributed by atoms with Crippen molar-refractivity contribution in [3.05, 3.63) is 53.1 Å². The molecule has 2 rings (SSSR count). The van der Waals surface area contributed by atoms with Gasteiger partial charge in [0, 0.05) is 0 Å². The lowest BCUT2D eigenvalue weighted by Gasteiger charge is -2.14. The zero-order chi connectivity index (χ0) is 20.0.